The molecule has 1 N–H and O–H groups in total. The maximum Gasteiger partial charge on any atom is 0.187 e. The Hall–Kier alpha value is -3.06. The van der Waals surface area contributed by atoms with E-state index in [1.165, 1.54) is 0 Å². The molecule has 0 aliphatic rings. The van der Waals surface area contributed by atoms with Crippen molar-refractivity contribution in [1.29, 1.82) is 5.26 Å². The molecule has 0 saturated carbocycles. The fraction of sp³-hybridized carbons (Fsp3) is 0.158. The topological polar surface area (TPSA) is 65.6 Å². The van der Waals surface area contributed by atoms with Crippen molar-refractivity contribution in [2.45, 2.75) is 20.0 Å². The fourth-order valence-electron chi connectivity index (χ4n) is 2.40. The molecule has 4 nitrogen and oxygen atoms in total. The highest BCUT2D eigenvalue weighted by Crippen LogP contribution is 2.25. The summed E-state index contributed by atoms with van der Waals surface area (Å²) >= 11 is 0. The lowest BCUT2D eigenvalue weighted by Crippen LogP contribution is -2.07. The Morgan fingerprint density at radius 1 is 1.26 bits per heavy atom. The summed E-state index contributed by atoms with van der Waals surface area (Å²) in [6.07, 6.45) is 2.56. The summed E-state index contributed by atoms with van der Waals surface area (Å²) < 4.78 is 5.99. The van der Waals surface area contributed by atoms with Crippen LogP contribution in [0.1, 0.15) is 22.3 Å². The van der Waals surface area contributed by atoms with Gasteiger partial charge in [-0.3, -0.25) is 0 Å². The highest BCUT2D eigenvalue weighted by Gasteiger charge is 2.11. The number of aryl methyl sites for hydroxylation is 1. The lowest BCUT2D eigenvalue weighted by molar-refractivity contribution is 0.300. The summed E-state index contributed by atoms with van der Waals surface area (Å²) in [5.74, 6) is 0.821. The SMILES string of the molecule is C=CCc1cccc(C)c1OCc1ccccc1/C(C#N)=N\O. The molecule has 2 rings (SSSR count). The van der Waals surface area contributed by atoms with Crippen LogP contribution in [0.25, 0.3) is 0 Å². The number of rotatable bonds is 6. The third kappa shape index (κ3) is 3.78. The summed E-state index contributed by atoms with van der Waals surface area (Å²) in [5, 5.41) is 21.1. The number of hydrogen-bond donors (Lipinski definition) is 1. The Morgan fingerprint density at radius 3 is 2.70 bits per heavy atom. The van der Waals surface area contributed by atoms with Crippen LogP contribution in [0.2, 0.25) is 0 Å². The van der Waals surface area contributed by atoms with Crippen molar-refractivity contribution in [2.24, 2.45) is 5.16 Å². The molecule has 0 atom stereocenters. The zero-order chi connectivity index (χ0) is 16.7. The van der Waals surface area contributed by atoms with Crippen LogP contribution in [0.3, 0.4) is 0 Å². The molecule has 0 fully saturated rings. The second-order valence-corrected chi connectivity index (χ2v) is 5.06. The van der Waals surface area contributed by atoms with E-state index in [1.54, 1.807) is 12.1 Å². The third-order valence-corrected chi connectivity index (χ3v) is 3.51. The van der Waals surface area contributed by atoms with Crippen molar-refractivity contribution in [3.8, 4) is 11.8 Å². The second-order valence-electron chi connectivity index (χ2n) is 5.06. The fourth-order valence-corrected chi connectivity index (χ4v) is 2.40. The largest absolute Gasteiger partial charge is 0.488 e. The zero-order valence-corrected chi connectivity index (χ0v) is 13.0. The Labute approximate surface area is 136 Å². The van der Waals surface area contributed by atoms with E-state index in [1.807, 2.05) is 49.4 Å². The molecule has 0 unspecified atom stereocenters. The van der Waals surface area contributed by atoms with Crippen molar-refractivity contribution in [3.05, 3.63) is 77.4 Å². The number of oxime groups is 1. The van der Waals surface area contributed by atoms with E-state index in [9.17, 15) is 0 Å². The van der Waals surface area contributed by atoms with Gasteiger partial charge in [0.15, 0.2) is 5.71 Å². The molecular formula is C19H18N2O2. The highest BCUT2D eigenvalue weighted by atomic mass is 16.5. The number of ether oxygens (including phenoxy) is 1. The Balaban J connectivity index is 2.30. The molecule has 0 spiro atoms. The van der Waals surface area contributed by atoms with Crippen LogP contribution in [0.15, 0.2) is 60.3 Å². The minimum Gasteiger partial charge on any atom is -0.488 e. The quantitative estimate of drug-likeness (QED) is 0.379. The average molecular weight is 306 g/mol. The molecule has 4 heteroatoms. The maximum absolute atomic E-state index is 9.05. The van der Waals surface area contributed by atoms with Crippen molar-refractivity contribution >= 4 is 5.71 Å². The molecule has 0 aliphatic heterocycles. The Morgan fingerprint density at radius 2 is 2.00 bits per heavy atom. The zero-order valence-electron chi connectivity index (χ0n) is 13.0. The van der Waals surface area contributed by atoms with Crippen molar-refractivity contribution < 1.29 is 9.94 Å². The number of para-hydroxylation sites is 1. The van der Waals surface area contributed by atoms with E-state index in [0.717, 1.165) is 28.9 Å². The molecule has 0 aliphatic carbocycles. The second kappa shape index (κ2) is 7.81. The van der Waals surface area contributed by atoms with E-state index >= 15 is 0 Å². The van der Waals surface area contributed by atoms with Crippen LogP contribution in [-0.2, 0) is 13.0 Å². The number of hydrogen-bond acceptors (Lipinski definition) is 4. The smallest absolute Gasteiger partial charge is 0.187 e. The molecule has 2 aromatic rings. The normalized spacial score (nSPS) is 10.9. The first-order valence-electron chi connectivity index (χ1n) is 7.23. The molecule has 0 saturated heterocycles. The van der Waals surface area contributed by atoms with Gasteiger partial charge >= 0.3 is 0 Å². The lowest BCUT2D eigenvalue weighted by Gasteiger charge is -2.14. The minimum atomic E-state index is -0.0275. The van der Waals surface area contributed by atoms with Crippen molar-refractivity contribution in [3.63, 3.8) is 0 Å². The molecule has 0 aromatic heterocycles. The highest BCUT2D eigenvalue weighted by molar-refractivity contribution is 6.12. The van der Waals surface area contributed by atoms with E-state index in [0.29, 0.717) is 5.56 Å². The molecule has 2 aromatic carbocycles. The summed E-state index contributed by atoms with van der Waals surface area (Å²) in [5.41, 5.74) is 3.43. The maximum atomic E-state index is 9.05. The van der Waals surface area contributed by atoms with E-state index in [4.69, 9.17) is 15.2 Å². The van der Waals surface area contributed by atoms with Gasteiger partial charge in [-0.15, -0.1) is 6.58 Å². The monoisotopic (exact) mass is 306 g/mol. The Bertz CT molecular complexity index is 773. The van der Waals surface area contributed by atoms with Crippen LogP contribution < -0.4 is 4.74 Å². The van der Waals surface area contributed by atoms with Crippen molar-refractivity contribution in [1.82, 2.24) is 0 Å². The van der Waals surface area contributed by atoms with Crippen molar-refractivity contribution in [2.75, 3.05) is 0 Å². The van der Waals surface area contributed by atoms with Gasteiger partial charge in [0.1, 0.15) is 18.4 Å². The number of allylic oxidation sites excluding steroid dienone is 1. The molecule has 0 heterocycles. The first kappa shape index (κ1) is 16.3. The standard InChI is InChI=1S/C19H18N2O2/c1-3-7-15-10-6-8-14(2)19(15)23-13-16-9-4-5-11-17(16)18(12-20)21-22/h3-6,8-11,22H,1,7,13H2,2H3/b21-18-. The average Bonchev–Trinajstić information content (AvgIpc) is 2.57. The molecule has 0 bridgehead atoms. The summed E-state index contributed by atoms with van der Waals surface area (Å²) in [7, 11) is 0. The van der Waals surface area contributed by atoms with Crippen LogP contribution in [0.5, 0.6) is 5.75 Å². The van der Waals surface area contributed by atoms with E-state index in [2.05, 4.69) is 11.7 Å². The van der Waals surface area contributed by atoms with Gasteiger partial charge < -0.3 is 9.94 Å². The first-order valence-corrected chi connectivity index (χ1v) is 7.23. The van der Waals surface area contributed by atoms with Crippen LogP contribution >= 0.6 is 0 Å². The van der Waals surface area contributed by atoms with Gasteiger partial charge in [0.25, 0.3) is 0 Å². The number of nitriles is 1. The molecule has 116 valence electrons. The van der Waals surface area contributed by atoms with Gasteiger partial charge in [0.05, 0.1) is 0 Å². The molecule has 23 heavy (non-hydrogen) atoms. The number of benzene rings is 2. The summed E-state index contributed by atoms with van der Waals surface area (Å²) in [6.45, 7) is 6.04. The Kier molecular flexibility index (Phi) is 5.54. The number of nitrogens with zero attached hydrogens (tertiary/aromatic N) is 2. The van der Waals surface area contributed by atoms with Gasteiger partial charge in [0, 0.05) is 5.56 Å². The van der Waals surface area contributed by atoms with Gasteiger partial charge in [-0.2, -0.15) is 5.26 Å². The molecule has 0 amide bonds. The predicted molar refractivity (Wildman–Crippen MR) is 89.8 cm³/mol. The first-order chi connectivity index (χ1) is 11.2. The van der Waals surface area contributed by atoms with Gasteiger partial charge in [0.2, 0.25) is 0 Å². The van der Waals surface area contributed by atoms with Crippen LogP contribution in [-0.4, -0.2) is 10.9 Å². The molecule has 0 radical (unpaired) electrons. The van der Waals surface area contributed by atoms with Crippen LogP contribution in [0, 0.1) is 18.3 Å². The van der Waals surface area contributed by atoms with Gasteiger partial charge in [-0.1, -0.05) is 53.7 Å². The summed E-state index contributed by atoms with van der Waals surface area (Å²) in [6, 6.07) is 15.1. The molecular weight excluding hydrogens is 288 g/mol. The van der Waals surface area contributed by atoms with Gasteiger partial charge in [-0.25, -0.2) is 0 Å². The third-order valence-electron chi connectivity index (χ3n) is 3.51. The van der Waals surface area contributed by atoms with Crippen LogP contribution in [0.4, 0.5) is 0 Å². The summed E-state index contributed by atoms with van der Waals surface area (Å²) in [4.78, 5) is 0. The van der Waals surface area contributed by atoms with E-state index in [-0.39, 0.29) is 12.3 Å². The van der Waals surface area contributed by atoms with E-state index < -0.39 is 0 Å². The van der Waals surface area contributed by atoms with Gasteiger partial charge in [-0.05, 0) is 30.0 Å². The minimum absolute atomic E-state index is 0.0275. The predicted octanol–water partition coefficient (Wildman–Crippen LogP) is 4.00. The lowest BCUT2D eigenvalue weighted by atomic mass is 10.0.